The Kier molecular flexibility index (Phi) is 5.25. The normalized spacial score (nSPS) is 14.0. The highest BCUT2D eigenvalue weighted by atomic mass is 79.9. The van der Waals surface area contributed by atoms with Crippen molar-refractivity contribution in [3.8, 4) is 0 Å². The zero-order valence-corrected chi connectivity index (χ0v) is 15.5. The number of hydrogen-bond donors (Lipinski definition) is 1. The first-order valence-electron chi connectivity index (χ1n) is 7.58. The summed E-state index contributed by atoms with van der Waals surface area (Å²) < 4.78 is 38.9. The molecule has 2 aromatic rings. The van der Waals surface area contributed by atoms with Gasteiger partial charge in [-0.1, -0.05) is 57.9 Å². The molecule has 7 heteroatoms. The summed E-state index contributed by atoms with van der Waals surface area (Å²) in [6, 6.07) is 12.3. The van der Waals surface area contributed by atoms with Gasteiger partial charge in [-0.2, -0.15) is 13.2 Å². The van der Waals surface area contributed by atoms with E-state index in [2.05, 4.69) is 15.9 Å². The SMILES string of the molecule is O=C(NC1=C(/C=C/c2ccc(Cl)cc2)Cc2cc(Br)ccc21)C(F)(F)F. The maximum Gasteiger partial charge on any atom is 0.471 e. The number of nitrogens with one attached hydrogen (secondary N) is 1. The number of benzene rings is 2. The monoisotopic (exact) mass is 441 g/mol. The van der Waals surface area contributed by atoms with Crippen LogP contribution in [0.1, 0.15) is 16.7 Å². The van der Waals surface area contributed by atoms with Gasteiger partial charge in [0.2, 0.25) is 0 Å². The van der Waals surface area contributed by atoms with Crippen LogP contribution < -0.4 is 5.32 Å². The predicted octanol–water partition coefficient (Wildman–Crippen LogP) is 5.76. The van der Waals surface area contributed by atoms with Crippen LogP contribution in [0.15, 0.2) is 58.6 Å². The zero-order chi connectivity index (χ0) is 18.9. The number of amides is 1. The fourth-order valence-corrected chi connectivity index (χ4v) is 3.20. The van der Waals surface area contributed by atoms with E-state index in [4.69, 9.17) is 11.6 Å². The minimum absolute atomic E-state index is 0.181. The highest BCUT2D eigenvalue weighted by molar-refractivity contribution is 9.10. The molecule has 0 aromatic heterocycles. The van der Waals surface area contributed by atoms with E-state index in [9.17, 15) is 18.0 Å². The lowest BCUT2D eigenvalue weighted by molar-refractivity contribution is -0.172. The van der Waals surface area contributed by atoms with Crippen molar-refractivity contribution in [2.45, 2.75) is 12.6 Å². The van der Waals surface area contributed by atoms with E-state index in [1.807, 2.05) is 11.4 Å². The molecule has 0 saturated carbocycles. The molecule has 1 N–H and O–H groups in total. The molecule has 1 aliphatic carbocycles. The maximum absolute atomic E-state index is 12.7. The fraction of sp³-hybridized carbons (Fsp3) is 0.105. The maximum atomic E-state index is 12.7. The molecule has 3 rings (SSSR count). The summed E-state index contributed by atoms with van der Waals surface area (Å²) in [5.41, 5.74) is 3.06. The van der Waals surface area contributed by atoms with Gasteiger partial charge >= 0.3 is 12.1 Å². The first-order valence-corrected chi connectivity index (χ1v) is 8.75. The van der Waals surface area contributed by atoms with Crippen LogP contribution in [0.3, 0.4) is 0 Å². The molecule has 0 aliphatic heterocycles. The number of alkyl halides is 3. The van der Waals surface area contributed by atoms with E-state index in [1.54, 1.807) is 48.6 Å². The van der Waals surface area contributed by atoms with Crippen molar-refractivity contribution in [1.29, 1.82) is 0 Å². The third kappa shape index (κ3) is 4.19. The molecule has 2 nitrogen and oxygen atoms in total. The van der Waals surface area contributed by atoms with Crippen LogP contribution in [0.2, 0.25) is 5.02 Å². The van der Waals surface area contributed by atoms with Crippen molar-refractivity contribution in [3.05, 3.63) is 80.3 Å². The summed E-state index contributed by atoms with van der Waals surface area (Å²) in [6.07, 6.45) is -1.04. The Morgan fingerprint density at radius 3 is 2.46 bits per heavy atom. The van der Waals surface area contributed by atoms with Crippen molar-refractivity contribution in [2.24, 2.45) is 0 Å². The van der Waals surface area contributed by atoms with Crippen LogP contribution >= 0.6 is 27.5 Å². The topological polar surface area (TPSA) is 29.1 Å². The summed E-state index contributed by atoms with van der Waals surface area (Å²) in [7, 11) is 0. The number of rotatable bonds is 3. The van der Waals surface area contributed by atoms with Gasteiger partial charge in [-0.3, -0.25) is 4.79 Å². The summed E-state index contributed by atoms with van der Waals surface area (Å²) in [5.74, 6) is -1.99. The average molecular weight is 443 g/mol. The van der Waals surface area contributed by atoms with Crippen molar-refractivity contribution in [1.82, 2.24) is 5.32 Å². The van der Waals surface area contributed by atoms with E-state index >= 15 is 0 Å². The van der Waals surface area contributed by atoms with Gasteiger partial charge in [0, 0.05) is 21.5 Å². The molecule has 1 amide bonds. The highest BCUT2D eigenvalue weighted by Gasteiger charge is 2.40. The Morgan fingerprint density at radius 1 is 1.12 bits per heavy atom. The van der Waals surface area contributed by atoms with Gasteiger partial charge in [-0.05, 0) is 41.0 Å². The summed E-state index contributed by atoms with van der Waals surface area (Å²) in [5, 5.41) is 2.61. The number of halogens is 5. The summed E-state index contributed by atoms with van der Waals surface area (Å²) in [6.45, 7) is 0. The number of allylic oxidation sites excluding steroid dienone is 2. The largest absolute Gasteiger partial charge is 0.471 e. The van der Waals surface area contributed by atoms with E-state index in [0.717, 1.165) is 15.6 Å². The van der Waals surface area contributed by atoms with Crippen LogP contribution in [-0.2, 0) is 11.2 Å². The second-order valence-corrected chi connectivity index (χ2v) is 7.07. The molecule has 26 heavy (non-hydrogen) atoms. The van der Waals surface area contributed by atoms with Gasteiger partial charge in [0.15, 0.2) is 0 Å². The van der Waals surface area contributed by atoms with Crippen LogP contribution in [-0.4, -0.2) is 12.1 Å². The second-order valence-electron chi connectivity index (χ2n) is 5.72. The van der Waals surface area contributed by atoms with Crippen molar-refractivity contribution in [2.75, 3.05) is 0 Å². The predicted molar refractivity (Wildman–Crippen MR) is 99.4 cm³/mol. The minimum atomic E-state index is -4.95. The molecule has 1 aliphatic rings. The first-order chi connectivity index (χ1) is 12.2. The lowest BCUT2D eigenvalue weighted by Crippen LogP contribution is -2.35. The van der Waals surface area contributed by atoms with Gasteiger partial charge in [-0.25, -0.2) is 0 Å². The summed E-state index contributed by atoms with van der Waals surface area (Å²) in [4.78, 5) is 11.4. The lowest BCUT2D eigenvalue weighted by Gasteiger charge is -2.11. The van der Waals surface area contributed by atoms with Gasteiger partial charge in [0.05, 0.1) is 5.70 Å². The molecule has 0 heterocycles. The van der Waals surface area contributed by atoms with E-state index in [0.29, 0.717) is 22.6 Å². The zero-order valence-electron chi connectivity index (χ0n) is 13.2. The van der Waals surface area contributed by atoms with Gasteiger partial charge < -0.3 is 5.32 Å². The van der Waals surface area contributed by atoms with E-state index in [1.165, 1.54) is 0 Å². The molecule has 2 aromatic carbocycles. The minimum Gasteiger partial charge on any atom is -0.317 e. The molecular formula is C19H12BrClF3NO. The average Bonchev–Trinajstić information content (AvgIpc) is 2.90. The highest BCUT2D eigenvalue weighted by Crippen LogP contribution is 2.34. The molecule has 0 saturated heterocycles. The van der Waals surface area contributed by atoms with Crippen LogP contribution in [0.25, 0.3) is 11.8 Å². The Morgan fingerprint density at radius 2 is 1.81 bits per heavy atom. The molecular weight excluding hydrogens is 431 g/mol. The Hall–Kier alpha value is -2.05. The van der Waals surface area contributed by atoms with Crippen molar-refractivity contribution in [3.63, 3.8) is 0 Å². The van der Waals surface area contributed by atoms with Gasteiger partial charge in [0.1, 0.15) is 0 Å². The molecule has 0 radical (unpaired) electrons. The molecule has 134 valence electrons. The van der Waals surface area contributed by atoms with Crippen LogP contribution in [0.5, 0.6) is 0 Å². The molecule has 0 atom stereocenters. The second kappa shape index (κ2) is 7.29. The van der Waals surface area contributed by atoms with E-state index < -0.39 is 12.1 Å². The third-order valence-corrected chi connectivity index (χ3v) is 4.63. The molecule has 0 unspecified atom stereocenters. The lowest BCUT2D eigenvalue weighted by atomic mass is 10.1. The van der Waals surface area contributed by atoms with Gasteiger partial charge in [0.25, 0.3) is 0 Å². The van der Waals surface area contributed by atoms with Crippen molar-refractivity contribution >= 4 is 45.2 Å². The molecule has 0 bridgehead atoms. The smallest absolute Gasteiger partial charge is 0.317 e. The van der Waals surface area contributed by atoms with E-state index in [-0.39, 0.29) is 5.70 Å². The Labute approximate surface area is 161 Å². The first kappa shape index (κ1) is 18.7. The number of carbonyl (C=O) groups excluding carboxylic acids is 1. The molecule has 0 spiro atoms. The Bertz CT molecular complexity index is 917. The van der Waals surface area contributed by atoms with Gasteiger partial charge in [-0.15, -0.1) is 0 Å². The number of hydrogen-bond acceptors (Lipinski definition) is 1. The number of carbonyl (C=O) groups is 1. The Balaban J connectivity index is 1.96. The summed E-state index contributed by atoms with van der Waals surface area (Å²) >= 11 is 9.20. The van der Waals surface area contributed by atoms with Crippen LogP contribution in [0, 0.1) is 0 Å². The standard InChI is InChI=1S/C19H12BrClF3NO/c20-14-5-8-16-13(10-14)9-12(17(16)25-18(26)19(22,23)24)4-1-11-2-6-15(21)7-3-11/h1-8,10H,9H2,(H,25,26)/b4-1+. The molecule has 0 fully saturated rings. The fourth-order valence-electron chi connectivity index (χ4n) is 2.66. The quantitative estimate of drug-likeness (QED) is 0.643. The van der Waals surface area contributed by atoms with Crippen LogP contribution in [0.4, 0.5) is 13.2 Å². The number of fused-ring (bicyclic) bond motifs is 1. The third-order valence-electron chi connectivity index (χ3n) is 3.88. The van der Waals surface area contributed by atoms with Crippen molar-refractivity contribution < 1.29 is 18.0 Å².